The zero-order chi connectivity index (χ0) is 19.8. The summed E-state index contributed by atoms with van der Waals surface area (Å²) in [5.74, 6) is -4.40. The van der Waals surface area contributed by atoms with Crippen molar-refractivity contribution in [1.82, 2.24) is 4.98 Å². The Bertz CT molecular complexity index is 1070. The van der Waals surface area contributed by atoms with Crippen molar-refractivity contribution in [2.45, 2.75) is 19.4 Å². The lowest BCUT2D eigenvalue weighted by molar-refractivity contribution is 0.0981. The van der Waals surface area contributed by atoms with Crippen LogP contribution in [-0.2, 0) is 6.42 Å². The van der Waals surface area contributed by atoms with E-state index in [0.717, 1.165) is 29.8 Å². The van der Waals surface area contributed by atoms with Crippen LogP contribution in [0.2, 0.25) is 0 Å². The van der Waals surface area contributed by atoms with Gasteiger partial charge in [0.05, 0.1) is 23.1 Å². The van der Waals surface area contributed by atoms with Gasteiger partial charge in [-0.15, -0.1) is 0 Å². The average Bonchev–Trinajstić information content (AvgIpc) is 3.04. The molecule has 0 saturated carbocycles. The maximum absolute atomic E-state index is 13.9. The molecule has 28 heavy (non-hydrogen) atoms. The predicted molar refractivity (Wildman–Crippen MR) is 100 cm³/mol. The number of carbonyl (C=O) groups excluding carboxylic acids is 1. The molecule has 0 bridgehead atoms. The van der Waals surface area contributed by atoms with Gasteiger partial charge in [-0.2, -0.15) is 0 Å². The summed E-state index contributed by atoms with van der Waals surface area (Å²) in [5.41, 5.74) is 2.29. The molecule has 0 fully saturated rings. The quantitative estimate of drug-likeness (QED) is 0.659. The normalized spacial score (nSPS) is 15.4. The van der Waals surface area contributed by atoms with Crippen LogP contribution in [0.25, 0.3) is 0 Å². The van der Waals surface area contributed by atoms with E-state index in [4.69, 9.17) is 0 Å². The topological polar surface area (TPSA) is 45.2 Å². The summed E-state index contributed by atoms with van der Waals surface area (Å²) >= 11 is 0. The molecule has 1 aliphatic rings. The van der Waals surface area contributed by atoms with Gasteiger partial charge in [-0.1, -0.05) is 18.2 Å². The molecule has 1 atom stereocenters. The molecule has 1 aromatic heterocycles. The summed E-state index contributed by atoms with van der Waals surface area (Å²) in [6.45, 7) is 1.96. The fourth-order valence-corrected chi connectivity index (χ4v) is 3.42. The Hall–Kier alpha value is -3.35. The second-order valence-corrected chi connectivity index (χ2v) is 6.67. The van der Waals surface area contributed by atoms with Crippen LogP contribution < -0.4 is 10.2 Å². The molecule has 4 nitrogen and oxygen atoms in total. The maximum atomic E-state index is 13.9. The minimum absolute atomic E-state index is 0.00912. The zero-order valence-corrected chi connectivity index (χ0v) is 14.9. The van der Waals surface area contributed by atoms with Gasteiger partial charge >= 0.3 is 0 Å². The van der Waals surface area contributed by atoms with E-state index < -0.39 is 17.5 Å². The minimum atomic E-state index is -1.56. The van der Waals surface area contributed by atoms with E-state index in [9.17, 15) is 18.0 Å². The monoisotopic (exact) mass is 383 g/mol. The van der Waals surface area contributed by atoms with Crippen molar-refractivity contribution in [2.75, 3.05) is 10.2 Å². The largest absolute Gasteiger partial charge is 0.352 e. The van der Waals surface area contributed by atoms with Crippen molar-refractivity contribution in [2.24, 2.45) is 0 Å². The van der Waals surface area contributed by atoms with E-state index in [0.29, 0.717) is 5.56 Å². The maximum Gasteiger partial charge on any atom is 0.260 e. The van der Waals surface area contributed by atoms with E-state index in [-0.39, 0.29) is 23.3 Å². The summed E-state index contributed by atoms with van der Waals surface area (Å²) in [6, 6.07) is 11.1. The number of carbonyl (C=O) groups is 1. The first-order valence-electron chi connectivity index (χ1n) is 8.72. The van der Waals surface area contributed by atoms with Gasteiger partial charge in [-0.25, -0.2) is 13.2 Å². The number of para-hydroxylation sites is 1. The van der Waals surface area contributed by atoms with Gasteiger partial charge in [0.25, 0.3) is 5.91 Å². The smallest absolute Gasteiger partial charge is 0.260 e. The lowest BCUT2D eigenvalue weighted by Crippen LogP contribution is -2.35. The van der Waals surface area contributed by atoms with Gasteiger partial charge in [-0.05, 0) is 43.2 Å². The average molecular weight is 383 g/mol. The molecule has 2 heterocycles. The first kappa shape index (κ1) is 18.0. The molecule has 7 heteroatoms. The standard InChI is InChI=1S/C21H16F3N3O/c1-12-8-13-4-2-3-5-18(13)27(12)21(28)14-9-15(11-25-10-14)26-17-7-6-16(22)19(23)20(17)24/h2-7,9-12,26H,8H2,1H3. The SMILES string of the molecule is CC1Cc2ccccc2N1C(=O)c1cncc(Nc2ccc(F)c(F)c2F)c1. The third-order valence-corrected chi connectivity index (χ3v) is 4.73. The van der Waals surface area contributed by atoms with E-state index in [1.165, 1.54) is 18.5 Å². The van der Waals surface area contributed by atoms with Gasteiger partial charge in [-0.3, -0.25) is 9.78 Å². The molecule has 1 N–H and O–H groups in total. The van der Waals surface area contributed by atoms with Crippen LogP contribution in [0, 0.1) is 17.5 Å². The Morgan fingerprint density at radius 3 is 2.71 bits per heavy atom. The van der Waals surface area contributed by atoms with Crippen LogP contribution in [-0.4, -0.2) is 16.9 Å². The number of nitrogens with zero attached hydrogens (tertiary/aromatic N) is 2. The number of fused-ring (bicyclic) bond motifs is 1. The van der Waals surface area contributed by atoms with E-state index >= 15 is 0 Å². The fourth-order valence-electron chi connectivity index (χ4n) is 3.42. The lowest BCUT2D eigenvalue weighted by atomic mass is 10.1. The number of benzene rings is 2. The molecule has 2 aromatic carbocycles. The van der Waals surface area contributed by atoms with Crippen molar-refractivity contribution in [3.8, 4) is 0 Å². The molecule has 0 saturated heterocycles. The molecule has 1 aliphatic heterocycles. The van der Waals surface area contributed by atoms with E-state index in [1.54, 1.807) is 4.90 Å². The summed E-state index contributed by atoms with van der Waals surface area (Å²) in [4.78, 5) is 18.8. The van der Waals surface area contributed by atoms with E-state index in [2.05, 4.69) is 10.3 Å². The number of amides is 1. The van der Waals surface area contributed by atoms with Crippen LogP contribution in [0.5, 0.6) is 0 Å². The van der Waals surface area contributed by atoms with Gasteiger partial charge in [0.2, 0.25) is 0 Å². The highest BCUT2D eigenvalue weighted by Gasteiger charge is 2.31. The molecule has 142 valence electrons. The highest BCUT2D eigenvalue weighted by atomic mass is 19.2. The molecule has 1 amide bonds. The molecule has 0 spiro atoms. The van der Waals surface area contributed by atoms with Crippen molar-refractivity contribution in [1.29, 1.82) is 0 Å². The zero-order valence-electron chi connectivity index (χ0n) is 14.9. The lowest BCUT2D eigenvalue weighted by Gasteiger charge is -2.23. The number of nitrogens with one attached hydrogen (secondary N) is 1. The second-order valence-electron chi connectivity index (χ2n) is 6.67. The number of aromatic nitrogens is 1. The van der Waals surface area contributed by atoms with Crippen LogP contribution in [0.4, 0.5) is 30.2 Å². The first-order chi connectivity index (χ1) is 13.5. The fraction of sp³-hybridized carbons (Fsp3) is 0.143. The van der Waals surface area contributed by atoms with Crippen molar-refractivity contribution >= 4 is 23.0 Å². The van der Waals surface area contributed by atoms with Gasteiger partial charge in [0.1, 0.15) is 0 Å². The molecule has 4 rings (SSSR count). The van der Waals surface area contributed by atoms with Crippen LogP contribution in [0.1, 0.15) is 22.8 Å². The molecule has 1 unspecified atom stereocenters. The van der Waals surface area contributed by atoms with Crippen molar-refractivity contribution in [3.63, 3.8) is 0 Å². The molecular formula is C21H16F3N3O. The van der Waals surface area contributed by atoms with Crippen molar-refractivity contribution in [3.05, 3.63) is 83.4 Å². The third kappa shape index (κ3) is 3.09. The van der Waals surface area contributed by atoms with Gasteiger partial charge in [0.15, 0.2) is 17.5 Å². The number of hydrogen-bond donors (Lipinski definition) is 1. The predicted octanol–water partition coefficient (Wildman–Crippen LogP) is 4.83. The first-order valence-corrected chi connectivity index (χ1v) is 8.72. The molecular weight excluding hydrogens is 367 g/mol. The number of halogens is 3. The number of anilines is 3. The summed E-state index contributed by atoms with van der Waals surface area (Å²) in [6.07, 6.45) is 3.55. The van der Waals surface area contributed by atoms with E-state index in [1.807, 2.05) is 31.2 Å². The van der Waals surface area contributed by atoms with Crippen LogP contribution >= 0.6 is 0 Å². The summed E-state index contributed by atoms with van der Waals surface area (Å²) < 4.78 is 40.4. The Morgan fingerprint density at radius 2 is 1.89 bits per heavy atom. The van der Waals surface area contributed by atoms with Gasteiger partial charge < -0.3 is 10.2 Å². The summed E-state index contributed by atoms with van der Waals surface area (Å²) in [5, 5.41) is 2.64. The number of rotatable bonds is 3. The minimum Gasteiger partial charge on any atom is -0.352 e. The van der Waals surface area contributed by atoms with Gasteiger partial charge in [0, 0.05) is 17.9 Å². The van der Waals surface area contributed by atoms with Crippen LogP contribution in [0.3, 0.4) is 0 Å². The highest BCUT2D eigenvalue weighted by Crippen LogP contribution is 2.33. The second kappa shape index (κ2) is 6.99. The van der Waals surface area contributed by atoms with Crippen LogP contribution in [0.15, 0.2) is 54.9 Å². The Balaban J connectivity index is 1.63. The highest BCUT2D eigenvalue weighted by molar-refractivity contribution is 6.08. The third-order valence-electron chi connectivity index (χ3n) is 4.73. The number of pyridine rings is 1. The van der Waals surface area contributed by atoms with Crippen molar-refractivity contribution < 1.29 is 18.0 Å². The molecule has 3 aromatic rings. The Labute approximate surface area is 159 Å². The number of hydrogen-bond acceptors (Lipinski definition) is 3. The Kier molecular flexibility index (Phi) is 4.50. The Morgan fingerprint density at radius 1 is 1.11 bits per heavy atom. The molecule has 0 aliphatic carbocycles. The summed E-state index contributed by atoms with van der Waals surface area (Å²) in [7, 11) is 0. The molecule has 0 radical (unpaired) electrons.